The number of benzene rings is 2. The molecule has 0 aliphatic carbocycles. The third kappa shape index (κ3) is 13.3. The van der Waals surface area contributed by atoms with Crippen molar-refractivity contribution in [3.63, 3.8) is 0 Å². The Hall–Kier alpha value is -3.63. The van der Waals surface area contributed by atoms with Gasteiger partial charge in [0.1, 0.15) is 12.1 Å². The largest absolute Gasteiger partial charge is 1.00 e. The number of unbranched alkanes of at least 4 members (excludes halogenated alkanes) is 3. The Labute approximate surface area is 274 Å². The lowest BCUT2D eigenvalue weighted by Crippen LogP contribution is -3.00. The van der Waals surface area contributed by atoms with Crippen LogP contribution in [0, 0.1) is 0 Å². The highest BCUT2D eigenvalue weighted by Gasteiger charge is 2.15. The van der Waals surface area contributed by atoms with Gasteiger partial charge in [0.05, 0.1) is 11.1 Å². The molecule has 9 nitrogen and oxygen atoms in total. The summed E-state index contributed by atoms with van der Waals surface area (Å²) < 4.78 is 13.3. The molecular formula is C33H42BrClN4O5. The van der Waals surface area contributed by atoms with E-state index in [0.717, 1.165) is 35.8 Å². The number of hydrogen-bond acceptors (Lipinski definition) is 5. The van der Waals surface area contributed by atoms with E-state index in [4.69, 9.17) is 9.47 Å². The Morgan fingerprint density at radius 1 is 0.818 bits per heavy atom. The number of carbonyl (C=O) groups is 3. The van der Waals surface area contributed by atoms with Crippen LogP contribution in [0.2, 0.25) is 0 Å². The second kappa shape index (κ2) is 19.6. The first-order valence-electron chi connectivity index (χ1n) is 14.9. The van der Waals surface area contributed by atoms with Crippen LogP contribution in [0.4, 0.5) is 21.0 Å². The Morgan fingerprint density at radius 3 is 2.09 bits per heavy atom. The summed E-state index contributed by atoms with van der Waals surface area (Å²) in [5.74, 6) is -0.199. The summed E-state index contributed by atoms with van der Waals surface area (Å²) in [5.41, 5.74) is 4.01. The number of halogens is 2. The molecule has 0 aliphatic rings. The summed E-state index contributed by atoms with van der Waals surface area (Å²) in [6.45, 7) is 6.78. The van der Waals surface area contributed by atoms with E-state index in [1.807, 2.05) is 53.4 Å². The van der Waals surface area contributed by atoms with Crippen molar-refractivity contribution >= 4 is 45.4 Å². The molecular weight excluding hydrogens is 648 g/mol. The molecule has 3 N–H and O–H groups in total. The zero-order valence-corrected chi connectivity index (χ0v) is 27.9. The number of nitrogens with one attached hydrogen (secondary N) is 3. The molecule has 0 fully saturated rings. The topological polar surface area (TPSA) is 110 Å². The number of ether oxygens (including phenoxy) is 2. The van der Waals surface area contributed by atoms with Crippen molar-refractivity contribution in [2.45, 2.75) is 78.5 Å². The molecule has 3 rings (SSSR count). The summed E-state index contributed by atoms with van der Waals surface area (Å²) in [5, 5.41) is 8.06. The molecule has 1 unspecified atom stereocenters. The van der Waals surface area contributed by atoms with Crippen LogP contribution in [0.5, 0.6) is 0 Å². The number of rotatable bonds is 15. The highest BCUT2D eigenvalue weighted by Crippen LogP contribution is 2.15. The molecule has 238 valence electrons. The van der Waals surface area contributed by atoms with Gasteiger partial charge in [-0.2, -0.15) is 0 Å². The average Bonchev–Trinajstić information content (AvgIpc) is 2.97. The van der Waals surface area contributed by atoms with Gasteiger partial charge in [-0.1, -0.05) is 57.4 Å². The Balaban J connectivity index is 0.00000675. The molecule has 0 spiro atoms. The smallest absolute Gasteiger partial charge is 0.413 e. The van der Waals surface area contributed by atoms with Crippen LogP contribution in [-0.4, -0.2) is 30.9 Å². The number of anilines is 2. The van der Waals surface area contributed by atoms with Crippen LogP contribution in [0.1, 0.15) is 74.4 Å². The van der Waals surface area contributed by atoms with Gasteiger partial charge in [0, 0.05) is 24.2 Å². The minimum absolute atomic E-state index is 0. The van der Waals surface area contributed by atoms with Gasteiger partial charge in [-0.3, -0.25) is 15.4 Å². The third-order valence-electron chi connectivity index (χ3n) is 6.59. The summed E-state index contributed by atoms with van der Waals surface area (Å²) >= 11 is 3.46. The number of alkyl carbamates (subject to hydrolysis) is 1. The monoisotopic (exact) mass is 688 g/mol. The average molecular weight is 690 g/mol. The highest BCUT2D eigenvalue weighted by atomic mass is 79.9. The number of pyridine rings is 1. The molecule has 1 atom stereocenters. The van der Waals surface area contributed by atoms with Crippen LogP contribution in [0.25, 0.3) is 0 Å². The first kappa shape index (κ1) is 36.6. The van der Waals surface area contributed by atoms with Crippen LogP contribution in [0.3, 0.4) is 0 Å². The van der Waals surface area contributed by atoms with Gasteiger partial charge in [-0.25, -0.2) is 14.2 Å². The van der Waals surface area contributed by atoms with E-state index in [2.05, 4.69) is 45.7 Å². The van der Waals surface area contributed by atoms with E-state index in [-0.39, 0.29) is 24.9 Å². The molecule has 0 saturated carbocycles. The molecule has 2 aromatic carbocycles. The van der Waals surface area contributed by atoms with E-state index in [0.29, 0.717) is 23.4 Å². The van der Waals surface area contributed by atoms with Gasteiger partial charge < -0.3 is 27.2 Å². The predicted octanol–water partition coefficient (Wildman–Crippen LogP) is 4.39. The summed E-state index contributed by atoms with van der Waals surface area (Å²) in [6, 6.07) is 16.8. The third-order valence-corrected chi connectivity index (χ3v) is 7.03. The molecule has 44 heavy (non-hydrogen) atoms. The minimum atomic E-state index is -0.880. The van der Waals surface area contributed by atoms with E-state index in [1.54, 1.807) is 25.1 Å². The first-order valence-corrected chi connectivity index (χ1v) is 15.6. The number of hydrogen-bond donors (Lipinski definition) is 3. The molecule has 0 radical (unpaired) electrons. The van der Waals surface area contributed by atoms with Crippen molar-refractivity contribution in [3.05, 3.63) is 88.2 Å². The van der Waals surface area contributed by atoms with Crippen LogP contribution in [-0.2, 0) is 28.9 Å². The summed E-state index contributed by atoms with van der Waals surface area (Å²) in [6.07, 6.45) is 8.82. The summed E-state index contributed by atoms with van der Waals surface area (Å²) in [4.78, 5) is 37.1. The number of aryl methyl sites for hydroxylation is 2. The zero-order valence-electron chi connectivity index (χ0n) is 25.5. The number of nitrogens with zero attached hydrogens (tertiary/aromatic N) is 1. The van der Waals surface area contributed by atoms with Gasteiger partial charge >= 0.3 is 12.2 Å². The Kier molecular flexibility index (Phi) is 16.3. The maximum Gasteiger partial charge on any atom is 0.413 e. The quantitative estimate of drug-likeness (QED) is 0.125. The fourth-order valence-corrected chi connectivity index (χ4v) is 4.89. The molecule has 0 aliphatic heterocycles. The van der Waals surface area contributed by atoms with E-state index in [1.165, 1.54) is 24.8 Å². The Morgan fingerprint density at radius 2 is 1.45 bits per heavy atom. The fraction of sp³-hybridized carbons (Fsp3) is 0.394. The van der Waals surface area contributed by atoms with Crippen molar-refractivity contribution in [1.82, 2.24) is 5.32 Å². The molecule has 1 heterocycles. The first-order chi connectivity index (χ1) is 20.7. The molecule has 11 heteroatoms. The van der Waals surface area contributed by atoms with Crippen molar-refractivity contribution in [2.24, 2.45) is 0 Å². The van der Waals surface area contributed by atoms with Gasteiger partial charge in [0.25, 0.3) is 5.91 Å². The van der Waals surface area contributed by atoms with Crippen molar-refractivity contribution in [1.29, 1.82) is 0 Å². The fourth-order valence-electron chi connectivity index (χ4n) is 4.38. The number of carbonyl (C=O) groups excluding carboxylic acids is 3. The summed E-state index contributed by atoms with van der Waals surface area (Å²) in [7, 11) is 0. The zero-order chi connectivity index (χ0) is 31.0. The van der Waals surface area contributed by atoms with Crippen molar-refractivity contribution in [2.75, 3.05) is 17.2 Å². The molecule has 0 saturated heterocycles. The lowest BCUT2D eigenvalue weighted by molar-refractivity contribution is -0.697. The molecule has 1 aromatic heterocycles. The van der Waals surface area contributed by atoms with Gasteiger partial charge in [-0.15, -0.1) is 0 Å². The SMILES string of the molecule is CCCCCCc1ccc(NC(=O)OC(C)NC(=O)OCCc2ccc(NC(=O)c3cc(Br)c[n+](CCC)c3)cc2)cc1.[Cl-]. The standard InChI is InChI=1S/C33H41BrN4O5.ClH/c1-4-6-7-8-9-25-10-16-30(17-11-25)37-33(41)43-24(3)35-32(40)42-20-18-26-12-14-29(15-13-26)36-31(39)27-21-28(34)23-38(22-27)19-5-2;/h10-17,21-24H,4-9,18-20H2,1-3H3,(H2-,35,36,37,39,40,41);1H. The van der Waals surface area contributed by atoms with Crippen molar-refractivity contribution < 1.29 is 40.8 Å². The second-order valence-electron chi connectivity index (χ2n) is 10.3. The van der Waals surface area contributed by atoms with Gasteiger partial charge in [-0.05, 0) is 77.2 Å². The van der Waals surface area contributed by atoms with Crippen LogP contribution in [0.15, 0.2) is 71.5 Å². The normalized spacial score (nSPS) is 11.1. The highest BCUT2D eigenvalue weighted by molar-refractivity contribution is 9.10. The molecule has 3 aromatic rings. The number of amides is 3. The van der Waals surface area contributed by atoms with Crippen molar-refractivity contribution in [3.8, 4) is 0 Å². The minimum Gasteiger partial charge on any atom is -1.00 e. The predicted molar refractivity (Wildman–Crippen MR) is 171 cm³/mol. The lowest BCUT2D eigenvalue weighted by Gasteiger charge is -2.15. The van der Waals surface area contributed by atoms with Crippen LogP contribution >= 0.6 is 15.9 Å². The second-order valence-corrected chi connectivity index (χ2v) is 11.3. The van der Waals surface area contributed by atoms with E-state index >= 15 is 0 Å². The lowest BCUT2D eigenvalue weighted by atomic mass is 10.1. The van der Waals surface area contributed by atoms with Gasteiger partial charge in [0.2, 0.25) is 0 Å². The maximum atomic E-state index is 12.7. The van der Waals surface area contributed by atoms with E-state index < -0.39 is 18.4 Å². The van der Waals surface area contributed by atoms with Crippen LogP contribution < -0.4 is 32.9 Å². The number of aromatic nitrogens is 1. The molecule has 3 amide bonds. The Bertz CT molecular complexity index is 1340. The van der Waals surface area contributed by atoms with Gasteiger partial charge in [0.15, 0.2) is 18.6 Å². The van der Waals surface area contributed by atoms with E-state index in [9.17, 15) is 14.4 Å². The molecule has 0 bridgehead atoms. The maximum absolute atomic E-state index is 12.7.